The monoisotopic (exact) mass is 372 g/mol. The molecular formula is C21H25FN2O3. The highest BCUT2D eigenvalue weighted by molar-refractivity contribution is 5.85. The van der Waals surface area contributed by atoms with Gasteiger partial charge in [-0.05, 0) is 29.2 Å². The molecule has 0 aliphatic carbocycles. The van der Waals surface area contributed by atoms with E-state index in [4.69, 9.17) is 4.74 Å². The van der Waals surface area contributed by atoms with Crippen molar-refractivity contribution in [3.8, 4) is 0 Å². The standard InChI is InChI=1S/C21H25FN2O3/c1-3-15(2)19(20(25)23-13-16-9-11-18(22)12-10-16)24-21(26)27-14-17-7-5-4-6-8-17/h4-12,15,19H,3,13-14H2,1-2H3,(H,23,25)(H,24,26)/t15-,19-/m0/s1. The molecule has 27 heavy (non-hydrogen) atoms. The van der Waals surface area contributed by atoms with Crippen LogP contribution in [0.2, 0.25) is 0 Å². The Morgan fingerprint density at radius 1 is 1.04 bits per heavy atom. The molecule has 2 atom stereocenters. The summed E-state index contributed by atoms with van der Waals surface area (Å²) in [7, 11) is 0. The van der Waals surface area contributed by atoms with Gasteiger partial charge in [0, 0.05) is 6.54 Å². The first-order valence-corrected chi connectivity index (χ1v) is 8.99. The molecule has 0 bridgehead atoms. The molecule has 0 heterocycles. The van der Waals surface area contributed by atoms with E-state index in [0.717, 1.165) is 11.1 Å². The van der Waals surface area contributed by atoms with Gasteiger partial charge in [-0.2, -0.15) is 0 Å². The number of rotatable bonds is 8. The lowest BCUT2D eigenvalue weighted by molar-refractivity contribution is -0.124. The molecule has 0 saturated carbocycles. The fraction of sp³-hybridized carbons (Fsp3) is 0.333. The van der Waals surface area contributed by atoms with Crippen LogP contribution < -0.4 is 10.6 Å². The van der Waals surface area contributed by atoms with Crippen molar-refractivity contribution in [3.63, 3.8) is 0 Å². The van der Waals surface area contributed by atoms with Crippen LogP contribution in [-0.2, 0) is 22.7 Å². The molecule has 2 aromatic carbocycles. The zero-order valence-corrected chi connectivity index (χ0v) is 15.6. The van der Waals surface area contributed by atoms with Gasteiger partial charge in [-0.15, -0.1) is 0 Å². The second kappa shape index (κ2) is 10.3. The molecule has 0 aliphatic rings. The van der Waals surface area contributed by atoms with E-state index in [-0.39, 0.29) is 30.8 Å². The SMILES string of the molecule is CC[C@H](C)[C@H](NC(=O)OCc1ccccc1)C(=O)NCc1ccc(F)cc1. The topological polar surface area (TPSA) is 67.4 Å². The average Bonchev–Trinajstić information content (AvgIpc) is 2.70. The Kier molecular flexibility index (Phi) is 7.79. The fourth-order valence-corrected chi connectivity index (χ4v) is 2.50. The maximum atomic E-state index is 13.0. The normalized spacial score (nSPS) is 12.7. The number of amides is 2. The maximum absolute atomic E-state index is 13.0. The number of nitrogens with one attached hydrogen (secondary N) is 2. The summed E-state index contributed by atoms with van der Waals surface area (Å²) < 4.78 is 18.2. The van der Waals surface area contributed by atoms with E-state index >= 15 is 0 Å². The van der Waals surface area contributed by atoms with Crippen molar-refractivity contribution in [1.29, 1.82) is 0 Å². The van der Waals surface area contributed by atoms with E-state index in [1.54, 1.807) is 12.1 Å². The largest absolute Gasteiger partial charge is 0.445 e. The Balaban J connectivity index is 1.89. The predicted molar refractivity (Wildman–Crippen MR) is 101 cm³/mol. The van der Waals surface area contributed by atoms with Gasteiger partial charge in [-0.1, -0.05) is 62.7 Å². The first-order valence-electron chi connectivity index (χ1n) is 8.99. The fourth-order valence-electron chi connectivity index (χ4n) is 2.50. The molecule has 0 fully saturated rings. The lowest BCUT2D eigenvalue weighted by atomic mass is 9.98. The molecule has 0 saturated heterocycles. The van der Waals surface area contributed by atoms with Crippen molar-refractivity contribution in [2.45, 2.75) is 39.5 Å². The summed E-state index contributed by atoms with van der Waals surface area (Å²) in [6, 6.07) is 14.5. The number of benzene rings is 2. The van der Waals surface area contributed by atoms with Gasteiger partial charge in [-0.3, -0.25) is 4.79 Å². The Hall–Kier alpha value is -2.89. The van der Waals surface area contributed by atoms with Gasteiger partial charge in [0.2, 0.25) is 5.91 Å². The van der Waals surface area contributed by atoms with Gasteiger partial charge < -0.3 is 15.4 Å². The van der Waals surface area contributed by atoms with Gasteiger partial charge in [0.15, 0.2) is 0 Å². The minimum atomic E-state index is -0.710. The summed E-state index contributed by atoms with van der Waals surface area (Å²) in [5, 5.41) is 5.43. The molecule has 0 spiro atoms. The van der Waals surface area contributed by atoms with Crippen LogP contribution in [0.1, 0.15) is 31.4 Å². The van der Waals surface area contributed by atoms with E-state index in [1.807, 2.05) is 44.2 Å². The van der Waals surface area contributed by atoms with Crippen LogP contribution in [0.5, 0.6) is 0 Å². The lowest BCUT2D eigenvalue weighted by Crippen LogP contribution is -2.50. The molecule has 2 N–H and O–H groups in total. The molecule has 144 valence electrons. The molecule has 5 nitrogen and oxygen atoms in total. The molecule has 6 heteroatoms. The van der Waals surface area contributed by atoms with E-state index in [0.29, 0.717) is 6.42 Å². The highest BCUT2D eigenvalue weighted by atomic mass is 19.1. The Morgan fingerprint density at radius 2 is 1.70 bits per heavy atom. The van der Waals surface area contributed by atoms with E-state index in [9.17, 15) is 14.0 Å². The van der Waals surface area contributed by atoms with E-state index in [1.165, 1.54) is 12.1 Å². The minimum absolute atomic E-state index is 0.0671. The Morgan fingerprint density at radius 3 is 2.33 bits per heavy atom. The molecule has 0 aliphatic heterocycles. The zero-order valence-electron chi connectivity index (χ0n) is 15.6. The number of carbonyl (C=O) groups excluding carboxylic acids is 2. The van der Waals surface area contributed by atoms with Crippen LogP contribution in [-0.4, -0.2) is 18.0 Å². The summed E-state index contributed by atoms with van der Waals surface area (Å²) >= 11 is 0. The molecule has 2 aromatic rings. The third-order valence-electron chi connectivity index (χ3n) is 4.36. The van der Waals surface area contributed by atoms with Gasteiger partial charge >= 0.3 is 6.09 Å². The molecular weight excluding hydrogens is 347 g/mol. The summed E-state index contributed by atoms with van der Waals surface area (Å²) in [5.41, 5.74) is 1.65. The number of alkyl carbamates (subject to hydrolysis) is 1. The van der Waals surface area contributed by atoms with E-state index < -0.39 is 12.1 Å². The summed E-state index contributed by atoms with van der Waals surface area (Å²) in [4.78, 5) is 24.6. The minimum Gasteiger partial charge on any atom is -0.445 e. The Bertz CT molecular complexity index is 735. The van der Waals surface area contributed by atoms with Crippen molar-refractivity contribution in [1.82, 2.24) is 10.6 Å². The van der Waals surface area contributed by atoms with E-state index in [2.05, 4.69) is 10.6 Å². The maximum Gasteiger partial charge on any atom is 0.408 e. The van der Waals surface area contributed by atoms with Gasteiger partial charge in [0.25, 0.3) is 0 Å². The second-order valence-electron chi connectivity index (χ2n) is 6.41. The summed E-state index contributed by atoms with van der Waals surface area (Å²) in [5.74, 6) is -0.696. The van der Waals surface area contributed by atoms with Crippen LogP contribution >= 0.6 is 0 Å². The highest BCUT2D eigenvalue weighted by Crippen LogP contribution is 2.10. The zero-order chi connectivity index (χ0) is 19.6. The van der Waals surface area contributed by atoms with Crippen molar-refractivity contribution < 1.29 is 18.7 Å². The number of halogens is 1. The number of carbonyl (C=O) groups is 2. The summed E-state index contributed by atoms with van der Waals surface area (Å²) in [6.45, 7) is 4.23. The van der Waals surface area contributed by atoms with Crippen LogP contribution in [0.25, 0.3) is 0 Å². The van der Waals surface area contributed by atoms with Crippen LogP contribution in [0, 0.1) is 11.7 Å². The smallest absolute Gasteiger partial charge is 0.408 e. The summed E-state index contributed by atoms with van der Waals surface area (Å²) in [6.07, 6.45) is 0.0780. The lowest BCUT2D eigenvalue weighted by Gasteiger charge is -2.23. The third kappa shape index (κ3) is 6.73. The van der Waals surface area contributed by atoms with Crippen LogP contribution in [0.15, 0.2) is 54.6 Å². The number of ether oxygens (including phenoxy) is 1. The first-order chi connectivity index (χ1) is 13.0. The molecule has 2 rings (SSSR count). The van der Waals surface area contributed by atoms with Gasteiger partial charge in [-0.25, -0.2) is 9.18 Å². The highest BCUT2D eigenvalue weighted by Gasteiger charge is 2.26. The predicted octanol–water partition coefficient (Wildman–Crippen LogP) is 3.78. The first kappa shape index (κ1) is 20.4. The molecule has 0 radical (unpaired) electrons. The van der Waals surface area contributed by atoms with Crippen molar-refractivity contribution in [2.24, 2.45) is 5.92 Å². The average molecular weight is 372 g/mol. The van der Waals surface area contributed by atoms with Crippen molar-refractivity contribution in [3.05, 3.63) is 71.5 Å². The molecule has 0 unspecified atom stereocenters. The van der Waals surface area contributed by atoms with Gasteiger partial charge in [0.1, 0.15) is 18.5 Å². The van der Waals surface area contributed by atoms with Crippen LogP contribution in [0.3, 0.4) is 0 Å². The Labute approximate surface area is 158 Å². The molecule has 0 aromatic heterocycles. The van der Waals surface area contributed by atoms with Crippen LogP contribution in [0.4, 0.5) is 9.18 Å². The molecule has 2 amide bonds. The third-order valence-corrected chi connectivity index (χ3v) is 4.36. The second-order valence-corrected chi connectivity index (χ2v) is 6.41. The number of hydrogen-bond donors (Lipinski definition) is 2. The number of hydrogen-bond acceptors (Lipinski definition) is 3. The van der Waals surface area contributed by atoms with Gasteiger partial charge in [0.05, 0.1) is 0 Å². The van der Waals surface area contributed by atoms with Crippen molar-refractivity contribution in [2.75, 3.05) is 0 Å². The van der Waals surface area contributed by atoms with Crippen molar-refractivity contribution >= 4 is 12.0 Å². The quantitative estimate of drug-likeness (QED) is 0.741.